The molecular weight excluding hydrogens is 364 g/mol. The Morgan fingerprint density at radius 2 is 0.964 bits per heavy atom. The molecule has 8 N–H and O–H groups in total. The summed E-state index contributed by atoms with van der Waals surface area (Å²) in [5.41, 5.74) is 23.6. The Kier molecular flexibility index (Phi) is 5.07. The van der Waals surface area contributed by atoms with Crippen LogP contribution in [0.5, 0.6) is 0 Å². The second kappa shape index (κ2) is 7.77. The van der Waals surface area contributed by atoms with Gasteiger partial charge in [0.1, 0.15) is 6.29 Å². The quantitative estimate of drug-likeness (QED) is 0.333. The lowest BCUT2D eigenvalue weighted by atomic mass is 10.1. The highest BCUT2D eigenvalue weighted by Crippen LogP contribution is 2.12. The Hall–Kier alpha value is -4.55. The summed E-state index contributed by atoms with van der Waals surface area (Å²) in [6.45, 7) is 0. The van der Waals surface area contributed by atoms with Crippen molar-refractivity contribution in [2.75, 3.05) is 22.9 Å². The number of anilines is 4. The molecule has 2 aromatic heterocycles. The number of hydrogen-bond acceptors (Lipinski definition) is 13. The van der Waals surface area contributed by atoms with E-state index in [1.54, 1.807) is 18.2 Å². The summed E-state index contributed by atoms with van der Waals surface area (Å²) >= 11 is 0. The molecule has 0 bridgehead atoms. The topological polar surface area (TPSA) is 223 Å². The number of aldehydes is 1. The first kappa shape index (κ1) is 18.2. The summed E-state index contributed by atoms with van der Waals surface area (Å²) in [5.74, 6) is -0.134. The number of benzene rings is 1. The Bertz CT molecular complexity index is 974. The lowest BCUT2D eigenvalue weighted by Crippen LogP contribution is -2.02. The maximum Gasteiger partial charge on any atom is 0.255 e. The van der Waals surface area contributed by atoms with E-state index in [4.69, 9.17) is 22.9 Å². The minimum atomic E-state index is -0.0509. The van der Waals surface area contributed by atoms with Crippen LogP contribution in [0.15, 0.2) is 28.2 Å². The molecule has 3 aromatic rings. The minimum absolute atomic E-state index is 0.0351. The SMILES string of the molecule is Nc1nc(N)nc(/N=C/c2cc(C=O)cc(/C=N/c3nc(N)nc(N)n3)c2)n1. The summed E-state index contributed by atoms with van der Waals surface area (Å²) in [6.07, 6.45) is 3.57. The molecule has 0 spiro atoms. The van der Waals surface area contributed by atoms with Crippen LogP contribution in [-0.2, 0) is 0 Å². The minimum Gasteiger partial charge on any atom is -0.368 e. The summed E-state index contributed by atoms with van der Waals surface area (Å²) in [4.78, 5) is 42.1. The highest BCUT2D eigenvalue weighted by Gasteiger charge is 2.03. The summed E-state index contributed by atoms with van der Waals surface area (Å²) in [7, 11) is 0. The van der Waals surface area contributed by atoms with Gasteiger partial charge < -0.3 is 22.9 Å². The zero-order valence-electron chi connectivity index (χ0n) is 14.3. The molecule has 0 saturated heterocycles. The molecule has 13 heteroatoms. The van der Waals surface area contributed by atoms with E-state index in [1.165, 1.54) is 12.4 Å². The number of aromatic nitrogens is 6. The Labute approximate surface area is 157 Å². The lowest BCUT2D eigenvalue weighted by molar-refractivity contribution is 0.112. The first-order chi connectivity index (χ1) is 13.4. The van der Waals surface area contributed by atoms with Crippen LogP contribution in [0.1, 0.15) is 21.5 Å². The number of carbonyl (C=O) groups is 1. The predicted octanol–water partition coefficient (Wildman–Crippen LogP) is -0.301. The number of carbonyl (C=O) groups excluding carboxylic acids is 1. The van der Waals surface area contributed by atoms with Crippen LogP contribution >= 0.6 is 0 Å². The molecule has 140 valence electrons. The number of nitrogens with zero attached hydrogens (tertiary/aromatic N) is 8. The van der Waals surface area contributed by atoms with Crippen LogP contribution in [0, 0.1) is 0 Å². The highest BCUT2D eigenvalue weighted by atomic mass is 16.1. The van der Waals surface area contributed by atoms with Crippen molar-refractivity contribution in [3.05, 3.63) is 34.9 Å². The zero-order chi connectivity index (χ0) is 20.1. The molecule has 0 amide bonds. The number of nitrogen functional groups attached to an aromatic ring is 4. The molecule has 0 fully saturated rings. The first-order valence-electron chi connectivity index (χ1n) is 7.64. The highest BCUT2D eigenvalue weighted by molar-refractivity contribution is 5.91. The van der Waals surface area contributed by atoms with Gasteiger partial charge in [-0.2, -0.15) is 29.9 Å². The molecule has 0 aliphatic rings. The maximum absolute atomic E-state index is 11.2. The standard InChI is InChI=1S/C15H14N12O/c16-10-22-11(17)25-14(24-10)20-4-7-1-8(3-9(2-7)6-28)5-21-15-26-12(18)23-13(19)27-15/h1-6H,(H4,16,17,22,24,25)(H4,18,19,23,26,27)/b20-4+,21-5+. The van der Waals surface area contributed by atoms with Crippen molar-refractivity contribution in [1.29, 1.82) is 0 Å². The van der Waals surface area contributed by atoms with E-state index in [1.807, 2.05) is 0 Å². The van der Waals surface area contributed by atoms with Gasteiger partial charge in [0.05, 0.1) is 0 Å². The molecule has 3 rings (SSSR count). The smallest absolute Gasteiger partial charge is 0.255 e. The fourth-order valence-electron chi connectivity index (χ4n) is 2.09. The summed E-state index contributed by atoms with van der Waals surface area (Å²) in [6, 6.07) is 4.93. The Morgan fingerprint density at radius 3 is 1.32 bits per heavy atom. The van der Waals surface area contributed by atoms with Gasteiger partial charge in [0.2, 0.25) is 23.8 Å². The average Bonchev–Trinajstić information content (AvgIpc) is 2.63. The number of rotatable bonds is 5. The summed E-state index contributed by atoms with van der Waals surface area (Å²) in [5, 5.41) is 0. The molecule has 0 aliphatic heterocycles. The Balaban J connectivity index is 1.90. The van der Waals surface area contributed by atoms with E-state index in [9.17, 15) is 4.79 Å². The van der Waals surface area contributed by atoms with Gasteiger partial charge in [-0.05, 0) is 29.3 Å². The second-order valence-electron chi connectivity index (χ2n) is 5.27. The van der Waals surface area contributed by atoms with Crippen molar-refractivity contribution in [2.45, 2.75) is 0 Å². The molecule has 28 heavy (non-hydrogen) atoms. The van der Waals surface area contributed by atoms with E-state index >= 15 is 0 Å². The van der Waals surface area contributed by atoms with Crippen LogP contribution in [0.4, 0.5) is 35.7 Å². The molecule has 0 radical (unpaired) electrons. The molecule has 1 aromatic carbocycles. The maximum atomic E-state index is 11.2. The second-order valence-corrected chi connectivity index (χ2v) is 5.27. The molecular formula is C15H14N12O. The van der Waals surface area contributed by atoms with Gasteiger partial charge in [0.15, 0.2) is 0 Å². The third-order valence-electron chi connectivity index (χ3n) is 3.11. The van der Waals surface area contributed by atoms with Gasteiger partial charge >= 0.3 is 0 Å². The van der Waals surface area contributed by atoms with Crippen LogP contribution in [0.3, 0.4) is 0 Å². The van der Waals surface area contributed by atoms with Crippen LogP contribution in [0.2, 0.25) is 0 Å². The van der Waals surface area contributed by atoms with Gasteiger partial charge in [-0.1, -0.05) is 0 Å². The van der Waals surface area contributed by atoms with Gasteiger partial charge in [-0.3, -0.25) is 4.79 Å². The molecule has 0 unspecified atom stereocenters. The van der Waals surface area contributed by atoms with Crippen molar-refractivity contribution < 1.29 is 4.79 Å². The van der Waals surface area contributed by atoms with E-state index in [-0.39, 0.29) is 35.7 Å². The van der Waals surface area contributed by atoms with E-state index in [0.29, 0.717) is 23.0 Å². The Morgan fingerprint density at radius 1 is 0.607 bits per heavy atom. The molecule has 2 heterocycles. The molecule has 0 aliphatic carbocycles. The normalized spacial score (nSPS) is 11.3. The van der Waals surface area contributed by atoms with Gasteiger partial charge in [-0.15, -0.1) is 0 Å². The van der Waals surface area contributed by atoms with Crippen molar-refractivity contribution in [3.8, 4) is 0 Å². The van der Waals surface area contributed by atoms with E-state index in [0.717, 1.165) is 0 Å². The summed E-state index contributed by atoms with van der Waals surface area (Å²) < 4.78 is 0. The lowest BCUT2D eigenvalue weighted by Gasteiger charge is -2.01. The molecule has 0 saturated carbocycles. The molecule has 0 atom stereocenters. The van der Waals surface area contributed by atoms with Crippen molar-refractivity contribution in [1.82, 2.24) is 29.9 Å². The van der Waals surface area contributed by atoms with Crippen molar-refractivity contribution >= 4 is 54.4 Å². The number of nitrogens with two attached hydrogens (primary N) is 4. The van der Waals surface area contributed by atoms with Crippen molar-refractivity contribution in [3.63, 3.8) is 0 Å². The van der Waals surface area contributed by atoms with E-state index in [2.05, 4.69) is 39.9 Å². The first-order valence-corrected chi connectivity index (χ1v) is 7.64. The third-order valence-corrected chi connectivity index (χ3v) is 3.11. The van der Waals surface area contributed by atoms with E-state index < -0.39 is 0 Å². The van der Waals surface area contributed by atoms with Gasteiger partial charge in [0, 0.05) is 18.0 Å². The average molecular weight is 378 g/mol. The fourth-order valence-corrected chi connectivity index (χ4v) is 2.09. The largest absolute Gasteiger partial charge is 0.368 e. The fraction of sp³-hybridized carbons (Fsp3) is 0. The monoisotopic (exact) mass is 378 g/mol. The predicted molar refractivity (Wildman–Crippen MR) is 104 cm³/mol. The van der Waals surface area contributed by atoms with Crippen molar-refractivity contribution in [2.24, 2.45) is 9.98 Å². The molecule has 13 nitrogen and oxygen atoms in total. The number of aliphatic imine (C=N–C) groups is 2. The van der Waals surface area contributed by atoms with Crippen LogP contribution in [0.25, 0.3) is 0 Å². The van der Waals surface area contributed by atoms with Gasteiger partial charge in [-0.25, -0.2) is 9.98 Å². The van der Waals surface area contributed by atoms with Crippen LogP contribution in [-0.4, -0.2) is 48.6 Å². The third kappa shape index (κ3) is 4.75. The van der Waals surface area contributed by atoms with Crippen LogP contribution < -0.4 is 22.9 Å². The van der Waals surface area contributed by atoms with Gasteiger partial charge in [0.25, 0.3) is 11.9 Å². The zero-order valence-corrected chi connectivity index (χ0v) is 14.3. The number of hydrogen-bond donors (Lipinski definition) is 4.